The predicted octanol–water partition coefficient (Wildman–Crippen LogP) is 4.59. The number of rotatable bonds is 7. The summed E-state index contributed by atoms with van der Waals surface area (Å²) in [5.74, 6) is -0.171. The summed E-state index contributed by atoms with van der Waals surface area (Å²) in [4.78, 5) is 24.0. The number of amides is 2. The van der Waals surface area contributed by atoms with Crippen LogP contribution in [0.3, 0.4) is 0 Å². The zero-order valence-electron chi connectivity index (χ0n) is 19.8. The molecule has 2 N–H and O–H groups in total. The molecule has 1 fully saturated rings. The van der Waals surface area contributed by atoms with E-state index in [9.17, 15) is 9.59 Å². The van der Waals surface area contributed by atoms with Crippen molar-refractivity contribution in [3.05, 3.63) is 71.2 Å². The quantitative estimate of drug-likeness (QED) is 0.603. The second-order valence-corrected chi connectivity index (χ2v) is 8.99. The lowest BCUT2D eigenvalue weighted by Crippen LogP contribution is -2.41. The molecule has 0 spiro atoms. The number of nitrogens with one attached hydrogen (secondary N) is 2. The Kier molecular flexibility index (Phi) is 7.61. The summed E-state index contributed by atoms with van der Waals surface area (Å²) in [6.07, 6.45) is 1.32. The van der Waals surface area contributed by atoms with Crippen LogP contribution in [-0.4, -0.2) is 36.9 Å². The molecule has 0 radical (unpaired) electrons. The molecule has 1 aliphatic rings. The molecule has 0 atom stereocenters. The number of benzene rings is 2. The van der Waals surface area contributed by atoms with E-state index in [0.717, 1.165) is 11.1 Å². The van der Waals surface area contributed by atoms with Gasteiger partial charge in [-0.25, -0.2) is 4.79 Å². The third-order valence-electron chi connectivity index (χ3n) is 5.82. The van der Waals surface area contributed by atoms with Crippen molar-refractivity contribution >= 4 is 30.9 Å². The van der Waals surface area contributed by atoms with Gasteiger partial charge in [-0.15, -0.1) is 0 Å². The Morgan fingerprint density at radius 3 is 2.21 bits per heavy atom. The number of alkyl carbamates (subject to hydrolysis) is 1. The molecule has 8 heteroatoms. The fourth-order valence-corrected chi connectivity index (χ4v) is 3.27. The number of hydrogen-bond donors (Lipinski definition) is 2. The Bertz CT molecular complexity index is 1000. The number of carbonyl (C=O) groups is 2. The van der Waals surface area contributed by atoms with Crippen molar-refractivity contribution in [1.82, 2.24) is 5.32 Å². The highest BCUT2D eigenvalue weighted by Crippen LogP contribution is 2.39. The van der Waals surface area contributed by atoms with Gasteiger partial charge in [0.15, 0.2) is 0 Å². The van der Waals surface area contributed by atoms with E-state index < -0.39 is 24.4 Å². The molecule has 1 heterocycles. The average molecular weight is 450 g/mol. The molecule has 0 aliphatic carbocycles. The van der Waals surface area contributed by atoms with E-state index in [1.165, 1.54) is 6.92 Å². The summed E-state index contributed by atoms with van der Waals surface area (Å²) in [5, 5.41) is 5.62. The summed E-state index contributed by atoms with van der Waals surface area (Å²) >= 11 is 0. The van der Waals surface area contributed by atoms with E-state index in [1.54, 1.807) is 0 Å². The van der Waals surface area contributed by atoms with Gasteiger partial charge in [0.25, 0.3) is 0 Å². The first-order chi connectivity index (χ1) is 15.6. The molecule has 2 aromatic rings. The minimum Gasteiger partial charge on any atom is -0.445 e. The van der Waals surface area contributed by atoms with Crippen molar-refractivity contribution in [1.29, 1.82) is 0 Å². The maximum Gasteiger partial charge on any atom is 0.492 e. The fraction of sp³-hybridized carbons (Fsp3) is 0.360. The van der Waals surface area contributed by atoms with Crippen LogP contribution >= 0.6 is 0 Å². The van der Waals surface area contributed by atoms with Crippen molar-refractivity contribution in [3.63, 3.8) is 0 Å². The Hall–Kier alpha value is -3.10. The second-order valence-electron chi connectivity index (χ2n) is 8.99. The van der Waals surface area contributed by atoms with Gasteiger partial charge in [-0.1, -0.05) is 54.6 Å². The summed E-state index contributed by atoms with van der Waals surface area (Å²) in [6.45, 7) is 9.66. The Morgan fingerprint density at radius 2 is 1.58 bits per heavy atom. The van der Waals surface area contributed by atoms with Gasteiger partial charge < -0.3 is 24.7 Å². The van der Waals surface area contributed by atoms with E-state index >= 15 is 0 Å². The SMILES string of the molecule is CC(=O)Nc1ccccc1C=C(CNC(=O)OCc1ccccc1)B1OC(C)(C)C(C)(C)O1. The fourth-order valence-electron chi connectivity index (χ4n) is 3.27. The number of ether oxygens (including phenoxy) is 1. The van der Waals surface area contributed by atoms with Crippen LogP contribution in [0.25, 0.3) is 6.08 Å². The molecular formula is C25H31BN2O5. The van der Waals surface area contributed by atoms with Crippen LogP contribution in [0.2, 0.25) is 0 Å². The van der Waals surface area contributed by atoms with Crippen LogP contribution in [-0.2, 0) is 25.4 Å². The zero-order valence-corrected chi connectivity index (χ0v) is 19.8. The Morgan fingerprint density at radius 1 is 0.970 bits per heavy atom. The summed E-state index contributed by atoms with van der Waals surface area (Å²) < 4.78 is 17.8. The lowest BCUT2D eigenvalue weighted by molar-refractivity contribution is -0.114. The molecule has 2 aromatic carbocycles. The smallest absolute Gasteiger partial charge is 0.445 e. The monoisotopic (exact) mass is 450 g/mol. The van der Waals surface area contributed by atoms with Crippen molar-refractivity contribution < 1.29 is 23.6 Å². The maximum absolute atomic E-state index is 12.4. The standard InChI is InChI=1S/C25H31BN2O5/c1-18(29)28-22-14-10-9-13-20(22)15-21(26-32-24(2,3)25(4,5)33-26)16-27-23(30)31-17-19-11-7-6-8-12-19/h6-15H,16-17H2,1-5H3,(H,27,30)(H,28,29). The first-order valence-corrected chi connectivity index (χ1v) is 10.9. The molecule has 0 saturated carbocycles. The first-order valence-electron chi connectivity index (χ1n) is 10.9. The summed E-state index contributed by atoms with van der Waals surface area (Å²) in [5.41, 5.74) is 1.95. The van der Waals surface area contributed by atoms with Crippen LogP contribution in [0.4, 0.5) is 10.5 Å². The first kappa shape index (κ1) is 24.5. The Labute approximate surface area is 195 Å². The second kappa shape index (κ2) is 10.2. The largest absolute Gasteiger partial charge is 0.492 e. The van der Waals surface area contributed by atoms with Gasteiger partial charge in [0.2, 0.25) is 5.91 Å². The minimum absolute atomic E-state index is 0.152. The molecule has 3 rings (SSSR count). The van der Waals surface area contributed by atoms with E-state index in [2.05, 4.69) is 10.6 Å². The topological polar surface area (TPSA) is 85.9 Å². The van der Waals surface area contributed by atoms with Crippen LogP contribution < -0.4 is 10.6 Å². The van der Waals surface area contributed by atoms with Crippen molar-refractivity contribution in [2.75, 3.05) is 11.9 Å². The van der Waals surface area contributed by atoms with Crippen molar-refractivity contribution in [3.8, 4) is 0 Å². The molecule has 174 valence electrons. The van der Waals surface area contributed by atoms with E-state index in [0.29, 0.717) is 11.2 Å². The number of para-hydroxylation sites is 1. The van der Waals surface area contributed by atoms with Crippen molar-refractivity contribution in [2.45, 2.75) is 52.4 Å². The van der Waals surface area contributed by atoms with Gasteiger partial charge in [-0.2, -0.15) is 0 Å². The number of carbonyl (C=O) groups excluding carboxylic acids is 2. The Balaban J connectivity index is 1.79. The number of hydrogen-bond acceptors (Lipinski definition) is 5. The maximum atomic E-state index is 12.4. The third kappa shape index (κ3) is 6.46. The lowest BCUT2D eigenvalue weighted by Gasteiger charge is -2.32. The highest BCUT2D eigenvalue weighted by atomic mass is 16.7. The van der Waals surface area contributed by atoms with E-state index in [4.69, 9.17) is 14.0 Å². The van der Waals surface area contributed by atoms with Crippen LogP contribution in [0.15, 0.2) is 60.1 Å². The highest BCUT2D eigenvalue weighted by Gasteiger charge is 2.52. The normalized spacial score (nSPS) is 16.9. The lowest BCUT2D eigenvalue weighted by atomic mass is 9.77. The van der Waals surface area contributed by atoms with Gasteiger partial charge in [0.05, 0.1) is 11.2 Å². The van der Waals surface area contributed by atoms with E-state index in [-0.39, 0.29) is 19.1 Å². The van der Waals surface area contributed by atoms with Crippen molar-refractivity contribution in [2.24, 2.45) is 0 Å². The molecular weight excluding hydrogens is 419 g/mol. The molecule has 33 heavy (non-hydrogen) atoms. The van der Waals surface area contributed by atoms with Crippen LogP contribution in [0, 0.1) is 0 Å². The summed E-state index contributed by atoms with van der Waals surface area (Å²) in [7, 11) is -0.671. The molecule has 0 aromatic heterocycles. The van der Waals surface area contributed by atoms with Crippen LogP contribution in [0.5, 0.6) is 0 Å². The molecule has 1 aliphatic heterocycles. The molecule has 1 saturated heterocycles. The van der Waals surface area contributed by atoms with E-state index in [1.807, 2.05) is 88.4 Å². The molecule has 7 nitrogen and oxygen atoms in total. The van der Waals surface area contributed by atoms with Crippen LogP contribution in [0.1, 0.15) is 45.7 Å². The van der Waals surface area contributed by atoms with Gasteiger partial charge in [-0.05, 0) is 50.4 Å². The van der Waals surface area contributed by atoms with Gasteiger partial charge in [-0.3, -0.25) is 4.79 Å². The average Bonchev–Trinajstić information content (AvgIpc) is 2.98. The molecule has 2 amide bonds. The number of anilines is 1. The highest BCUT2D eigenvalue weighted by molar-refractivity contribution is 6.56. The van der Waals surface area contributed by atoms with Gasteiger partial charge in [0, 0.05) is 19.2 Å². The molecule has 0 bridgehead atoms. The minimum atomic E-state index is -0.671. The predicted molar refractivity (Wildman–Crippen MR) is 129 cm³/mol. The third-order valence-corrected chi connectivity index (χ3v) is 5.82. The zero-order chi connectivity index (χ0) is 24.1. The van der Waals surface area contributed by atoms with Gasteiger partial charge in [0.1, 0.15) is 6.61 Å². The van der Waals surface area contributed by atoms with Gasteiger partial charge >= 0.3 is 13.2 Å². The molecule has 0 unspecified atom stereocenters. The summed E-state index contributed by atoms with van der Waals surface area (Å²) in [6, 6.07) is 16.9.